The maximum absolute atomic E-state index is 13.2. The number of fused-ring (bicyclic) bond motifs is 1. The Labute approximate surface area is 171 Å². The maximum atomic E-state index is 13.2. The average Bonchev–Trinajstić information content (AvgIpc) is 2.81. The molecule has 0 saturated heterocycles. The number of para-hydroxylation sites is 2. The van der Waals surface area contributed by atoms with Crippen LogP contribution in [0.2, 0.25) is 5.02 Å². The highest BCUT2D eigenvalue weighted by molar-refractivity contribution is 6.30. The van der Waals surface area contributed by atoms with Gasteiger partial charge in [-0.3, -0.25) is 9.59 Å². The lowest BCUT2D eigenvalue weighted by Gasteiger charge is -2.27. The second-order valence-electron chi connectivity index (χ2n) is 6.50. The first-order valence-electron chi connectivity index (χ1n) is 8.86. The van der Waals surface area contributed by atoms with E-state index in [1.807, 2.05) is 0 Å². The number of ether oxygens (including phenoxy) is 1. The lowest BCUT2D eigenvalue weighted by atomic mass is 10.1. The number of anilines is 2. The molecule has 1 aliphatic rings. The number of halogens is 2. The van der Waals surface area contributed by atoms with E-state index in [9.17, 15) is 18.8 Å². The van der Waals surface area contributed by atoms with Gasteiger partial charge in [-0.05, 0) is 42.8 Å². The number of esters is 1. The zero-order valence-electron chi connectivity index (χ0n) is 15.5. The topological polar surface area (TPSA) is 75.7 Å². The molecule has 0 bridgehead atoms. The number of hydrogen-bond acceptors (Lipinski definition) is 4. The van der Waals surface area contributed by atoms with Gasteiger partial charge in [0.25, 0.3) is 5.91 Å². The van der Waals surface area contributed by atoms with E-state index in [4.69, 9.17) is 16.3 Å². The Kier molecular flexibility index (Phi) is 6.29. The summed E-state index contributed by atoms with van der Waals surface area (Å²) in [5, 5.41) is 2.70. The van der Waals surface area contributed by atoms with Gasteiger partial charge < -0.3 is 15.0 Å². The lowest BCUT2D eigenvalue weighted by molar-refractivity contribution is -0.143. The molecule has 0 unspecified atom stereocenters. The minimum absolute atomic E-state index is 0.0623. The van der Waals surface area contributed by atoms with Crippen LogP contribution in [-0.2, 0) is 19.1 Å². The third-order valence-corrected chi connectivity index (χ3v) is 4.61. The Balaban J connectivity index is 1.66. The minimum atomic E-state index is -0.733. The van der Waals surface area contributed by atoms with Crippen molar-refractivity contribution < 1.29 is 23.5 Å². The molecule has 0 spiro atoms. The zero-order chi connectivity index (χ0) is 21.0. The van der Waals surface area contributed by atoms with Crippen molar-refractivity contribution >= 4 is 46.8 Å². The van der Waals surface area contributed by atoms with Crippen LogP contribution in [-0.4, -0.2) is 30.4 Å². The summed E-state index contributed by atoms with van der Waals surface area (Å²) < 4.78 is 18.2. The summed E-state index contributed by atoms with van der Waals surface area (Å²) in [5.74, 6) is -1.94. The van der Waals surface area contributed by atoms with Gasteiger partial charge in [0.05, 0.1) is 16.4 Å². The molecule has 2 aromatic rings. The van der Waals surface area contributed by atoms with Crippen LogP contribution in [0.15, 0.2) is 48.5 Å². The number of nitrogens with zero attached hydrogens (tertiary/aromatic N) is 1. The van der Waals surface area contributed by atoms with Crippen molar-refractivity contribution in [3.8, 4) is 0 Å². The van der Waals surface area contributed by atoms with Crippen LogP contribution >= 0.6 is 11.6 Å². The summed E-state index contributed by atoms with van der Waals surface area (Å²) in [6.45, 7) is 1.26. The Morgan fingerprint density at radius 3 is 2.83 bits per heavy atom. The molecular formula is C21H18ClFN2O4. The fourth-order valence-corrected chi connectivity index (χ4v) is 3.19. The highest BCUT2D eigenvalue weighted by Crippen LogP contribution is 2.31. The average molecular weight is 417 g/mol. The third-order valence-electron chi connectivity index (χ3n) is 4.32. The fourth-order valence-electron chi connectivity index (χ4n) is 3.00. The van der Waals surface area contributed by atoms with Crippen molar-refractivity contribution in [2.24, 2.45) is 0 Å². The predicted molar refractivity (Wildman–Crippen MR) is 108 cm³/mol. The van der Waals surface area contributed by atoms with Crippen molar-refractivity contribution in [3.63, 3.8) is 0 Å². The monoisotopic (exact) mass is 416 g/mol. The molecule has 1 heterocycles. The highest BCUT2D eigenvalue weighted by atomic mass is 35.5. The SMILES string of the molecule is C[C@H]1CC(=O)Nc2ccccc2N1C(=O)COC(=O)/C=C/c1ccc(F)c(Cl)c1. The molecular weight excluding hydrogens is 399 g/mol. The second-order valence-corrected chi connectivity index (χ2v) is 6.90. The summed E-state index contributed by atoms with van der Waals surface area (Å²) in [6.07, 6.45) is 2.66. The van der Waals surface area contributed by atoms with E-state index < -0.39 is 30.3 Å². The fraction of sp³-hybridized carbons (Fsp3) is 0.190. The van der Waals surface area contributed by atoms with E-state index in [2.05, 4.69) is 5.32 Å². The van der Waals surface area contributed by atoms with Gasteiger partial charge in [0.15, 0.2) is 6.61 Å². The summed E-state index contributed by atoms with van der Waals surface area (Å²) in [7, 11) is 0. The van der Waals surface area contributed by atoms with Crippen LogP contribution in [0.25, 0.3) is 6.08 Å². The molecule has 0 aromatic heterocycles. The van der Waals surface area contributed by atoms with Crippen molar-refractivity contribution in [1.82, 2.24) is 0 Å². The maximum Gasteiger partial charge on any atom is 0.331 e. The van der Waals surface area contributed by atoms with Gasteiger partial charge in [0, 0.05) is 18.5 Å². The van der Waals surface area contributed by atoms with E-state index in [-0.39, 0.29) is 17.4 Å². The molecule has 6 nitrogen and oxygen atoms in total. The van der Waals surface area contributed by atoms with Crippen LogP contribution in [0.4, 0.5) is 15.8 Å². The minimum Gasteiger partial charge on any atom is -0.452 e. The lowest BCUT2D eigenvalue weighted by Crippen LogP contribution is -2.41. The third kappa shape index (κ3) is 5.00. The van der Waals surface area contributed by atoms with Crippen LogP contribution in [0, 0.1) is 5.82 Å². The van der Waals surface area contributed by atoms with Gasteiger partial charge >= 0.3 is 5.97 Å². The second kappa shape index (κ2) is 8.87. The molecule has 8 heteroatoms. The quantitative estimate of drug-likeness (QED) is 0.607. The largest absolute Gasteiger partial charge is 0.452 e. The molecule has 2 amide bonds. The van der Waals surface area contributed by atoms with Crippen LogP contribution in [0.3, 0.4) is 0 Å². The molecule has 1 N–H and O–H groups in total. The number of amides is 2. The Hall–Kier alpha value is -3.19. The molecule has 1 atom stereocenters. The van der Waals surface area contributed by atoms with E-state index in [1.165, 1.54) is 29.2 Å². The summed E-state index contributed by atoms with van der Waals surface area (Å²) in [5.41, 5.74) is 1.58. The Morgan fingerprint density at radius 1 is 1.31 bits per heavy atom. The predicted octanol–water partition coefficient (Wildman–Crippen LogP) is 3.80. The summed E-state index contributed by atoms with van der Waals surface area (Å²) in [4.78, 5) is 38.1. The van der Waals surface area contributed by atoms with Gasteiger partial charge in [-0.25, -0.2) is 9.18 Å². The van der Waals surface area contributed by atoms with E-state index >= 15 is 0 Å². The molecule has 150 valence electrons. The molecule has 0 saturated carbocycles. The van der Waals surface area contributed by atoms with Crippen molar-refractivity contribution in [1.29, 1.82) is 0 Å². The Morgan fingerprint density at radius 2 is 2.07 bits per heavy atom. The number of rotatable bonds is 4. The first-order chi connectivity index (χ1) is 13.8. The van der Waals surface area contributed by atoms with Gasteiger partial charge in [0.2, 0.25) is 5.91 Å². The standard InChI is InChI=1S/C21H18ClFN2O4/c1-13-10-19(26)24-17-4-2-3-5-18(17)25(13)20(27)12-29-21(28)9-7-14-6-8-16(23)15(22)11-14/h2-9,11,13H,10,12H2,1H3,(H,24,26)/b9-7+/t13-/m0/s1. The molecule has 0 radical (unpaired) electrons. The van der Waals surface area contributed by atoms with Gasteiger partial charge in [-0.1, -0.05) is 29.8 Å². The van der Waals surface area contributed by atoms with Gasteiger partial charge in [0.1, 0.15) is 5.82 Å². The smallest absolute Gasteiger partial charge is 0.331 e. The van der Waals surface area contributed by atoms with E-state index in [0.717, 1.165) is 6.08 Å². The van der Waals surface area contributed by atoms with Crippen LogP contribution < -0.4 is 10.2 Å². The number of nitrogens with one attached hydrogen (secondary N) is 1. The first kappa shape index (κ1) is 20.5. The highest BCUT2D eigenvalue weighted by Gasteiger charge is 2.29. The van der Waals surface area contributed by atoms with Crippen molar-refractivity contribution in [2.75, 3.05) is 16.8 Å². The van der Waals surface area contributed by atoms with Gasteiger partial charge in [-0.15, -0.1) is 0 Å². The van der Waals surface area contributed by atoms with Crippen LogP contribution in [0.1, 0.15) is 18.9 Å². The van der Waals surface area contributed by atoms with E-state index in [0.29, 0.717) is 16.9 Å². The molecule has 3 rings (SSSR count). The van der Waals surface area contributed by atoms with Crippen molar-refractivity contribution in [2.45, 2.75) is 19.4 Å². The van der Waals surface area contributed by atoms with Crippen LogP contribution in [0.5, 0.6) is 0 Å². The number of carbonyl (C=O) groups is 3. The molecule has 2 aromatic carbocycles. The molecule has 29 heavy (non-hydrogen) atoms. The first-order valence-corrected chi connectivity index (χ1v) is 9.24. The molecule has 1 aliphatic heterocycles. The van der Waals surface area contributed by atoms with Gasteiger partial charge in [-0.2, -0.15) is 0 Å². The summed E-state index contributed by atoms with van der Waals surface area (Å²) in [6, 6.07) is 10.5. The molecule has 0 aliphatic carbocycles. The zero-order valence-corrected chi connectivity index (χ0v) is 16.3. The van der Waals surface area contributed by atoms with E-state index in [1.54, 1.807) is 31.2 Å². The number of hydrogen-bond donors (Lipinski definition) is 1. The molecule has 0 fully saturated rings. The number of benzene rings is 2. The number of carbonyl (C=O) groups excluding carboxylic acids is 3. The Bertz CT molecular complexity index is 992. The van der Waals surface area contributed by atoms with Crippen molar-refractivity contribution in [3.05, 3.63) is 64.9 Å². The summed E-state index contributed by atoms with van der Waals surface area (Å²) >= 11 is 5.69. The normalized spacial score (nSPS) is 16.2.